The summed E-state index contributed by atoms with van der Waals surface area (Å²) in [5.74, 6) is 0.111. The van der Waals surface area contributed by atoms with Crippen LogP contribution in [0.5, 0.6) is 0 Å². The molecule has 0 spiro atoms. The molecule has 0 aliphatic carbocycles. The molecule has 0 fully saturated rings. The van der Waals surface area contributed by atoms with Crippen LogP contribution < -0.4 is 4.90 Å². The Balaban J connectivity index is 2.21. The summed E-state index contributed by atoms with van der Waals surface area (Å²) in [5, 5.41) is 0. The van der Waals surface area contributed by atoms with Crippen molar-refractivity contribution in [3.8, 4) is 0 Å². The van der Waals surface area contributed by atoms with Crippen molar-refractivity contribution in [1.82, 2.24) is 4.90 Å². The van der Waals surface area contributed by atoms with Crippen LogP contribution in [0.2, 0.25) is 0 Å². The van der Waals surface area contributed by atoms with E-state index in [1.807, 2.05) is 44.4 Å². The summed E-state index contributed by atoms with van der Waals surface area (Å²) in [7, 11) is 3.84. The van der Waals surface area contributed by atoms with Gasteiger partial charge in [0.1, 0.15) is 0 Å². The van der Waals surface area contributed by atoms with Crippen molar-refractivity contribution in [3.63, 3.8) is 0 Å². The van der Waals surface area contributed by atoms with Gasteiger partial charge in [0.2, 0.25) is 5.91 Å². The van der Waals surface area contributed by atoms with Gasteiger partial charge in [0.25, 0.3) is 0 Å². The first-order valence-electron chi connectivity index (χ1n) is 6.89. The Hall–Kier alpha value is -1.65. The number of amides is 1. The number of benzene rings is 2. The molecule has 1 aliphatic heterocycles. The summed E-state index contributed by atoms with van der Waals surface area (Å²) in [6.07, 6.45) is 0. The van der Waals surface area contributed by atoms with Crippen LogP contribution in [0, 0.1) is 0 Å². The van der Waals surface area contributed by atoms with Crippen molar-refractivity contribution in [2.45, 2.75) is 6.04 Å². The number of nitrogens with zero attached hydrogens (tertiary/aromatic N) is 2. The smallest absolute Gasteiger partial charge is 0.240 e. The molecule has 1 amide bonds. The van der Waals surface area contributed by atoms with Gasteiger partial charge in [-0.3, -0.25) is 9.69 Å². The minimum atomic E-state index is 0.0765. The van der Waals surface area contributed by atoms with E-state index in [1.54, 1.807) is 4.90 Å². The predicted octanol–water partition coefficient (Wildman–Crippen LogP) is 3.45. The zero-order valence-electron chi connectivity index (χ0n) is 12.1. The second-order valence-electron chi connectivity index (χ2n) is 5.38. The Morgan fingerprint density at radius 1 is 1.10 bits per heavy atom. The highest BCUT2D eigenvalue weighted by Crippen LogP contribution is 2.38. The molecule has 4 heteroatoms. The molecule has 1 atom stereocenters. The van der Waals surface area contributed by atoms with Crippen LogP contribution in [0.4, 0.5) is 5.69 Å². The molecule has 3 rings (SSSR count). The van der Waals surface area contributed by atoms with Crippen LogP contribution in [-0.4, -0.2) is 31.4 Å². The Morgan fingerprint density at radius 3 is 2.52 bits per heavy atom. The van der Waals surface area contributed by atoms with Crippen LogP contribution in [0.1, 0.15) is 17.2 Å². The fourth-order valence-corrected chi connectivity index (χ4v) is 3.28. The van der Waals surface area contributed by atoms with Crippen LogP contribution in [0.15, 0.2) is 53.0 Å². The van der Waals surface area contributed by atoms with Crippen molar-refractivity contribution in [3.05, 3.63) is 64.1 Å². The molecule has 0 N–H and O–H groups in total. The summed E-state index contributed by atoms with van der Waals surface area (Å²) in [5.41, 5.74) is 3.32. The second-order valence-corrected chi connectivity index (χ2v) is 6.30. The molecular formula is C17H17BrN2O. The summed E-state index contributed by atoms with van der Waals surface area (Å²) in [6, 6.07) is 16.5. The number of hydrogen-bond donors (Lipinski definition) is 0. The van der Waals surface area contributed by atoms with Crippen LogP contribution >= 0.6 is 15.9 Å². The first kappa shape index (κ1) is 14.3. The highest BCUT2D eigenvalue weighted by molar-refractivity contribution is 9.10. The second kappa shape index (κ2) is 5.62. The lowest BCUT2D eigenvalue weighted by Crippen LogP contribution is -2.34. The van der Waals surface area contributed by atoms with E-state index < -0.39 is 0 Å². The van der Waals surface area contributed by atoms with Gasteiger partial charge in [0, 0.05) is 17.2 Å². The van der Waals surface area contributed by atoms with Gasteiger partial charge in [0.15, 0.2) is 0 Å². The maximum atomic E-state index is 12.3. The number of carbonyl (C=O) groups excluding carboxylic acids is 1. The normalized spacial score (nSPS) is 19.3. The van der Waals surface area contributed by atoms with Gasteiger partial charge in [-0.1, -0.05) is 46.3 Å². The first-order valence-corrected chi connectivity index (χ1v) is 7.68. The summed E-state index contributed by atoms with van der Waals surface area (Å²) >= 11 is 3.55. The van der Waals surface area contributed by atoms with Gasteiger partial charge >= 0.3 is 0 Å². The zero-order valence-corrected chi connectivity index (χ0v) is 13.7. The Labute approximate surface area is 133 Å². The number of fused-ring (bicyclic) bond motifs is 1. The molecule has 0 saturated carbocycles. The molecule has 2 aromatic rings. The molecule has 3 nitrogen and oxygen atoms in total. The fourth-order valence-electron chi connectivity index (χ4n) is 2.90. The highest BCUT2D eigenvalue weighted by atomic mass is 79.9. The van der Waals surface area contributed by atoms with Gasteiger partial charge in [-0.25, -0.2) is 0 Å². The van der Waals surface area contributed by atoms with E-state index in [1.165, 1.54) is 5.56 Å². The van der Waals surface area contributed by atoms with Gasteiger partial charge in [-0.15, -0.1) is 0 Å². The topological polar surface area (TPSA) is 23.6 Å². The maximum Gasteiger partial charge on any atom is 0.240 e. The van der Waals surface area contributed by atoms with Gasteiger partial charge in [-0.05, 0) is 36.4 Å². The van der Waals surface area contributed by atoms with E-state index in [4.69, 9.17) is 0 Å². The first-order chi connectivity index (χ1) is 10.1. The number of likely N-dealkylation sites (N-methyl/N-ethyl adjacent to an activating group) is 2. The van der Waals surface area contributed by atoms with Crippen molar-refractivity contribution in [2.75, 3.05) is 25.5 Å². The van der Waals surface area contributed by atoms with Gasteiger partial charge < -0.3 is 4.90 Å². The average molecular weight is 345 g/mol. The molecule has 1 unspecified atom stereocenters. The summed E-state index contributed by atoms with van der Waals surface area (Å²) in [6.45, 7) is 0.405. The minimum Gasteiger partial charge on any atom is -0.314 e. The van der Waals surface area contributed by atoms with Crippen molar-refractivity contribution < 1.29 is 4.79 Å². The Morgan fingerprint density at radius 2 is 1.81 bits per heavy atom. The third-order valence-electron chi connectivity index (χ3n) is 3.96. The maximum absolute atomic E-state index is 12.3. The van der Waals surface area contributed by atoms with Gasteiger partial charge in [0.05, 0.1) is 12.6 Å². The fraction of sp³-hybridized carbons (Fsp3) is 0.235. The monoisotopic (exact) mass is 344 g/mol. The van der Waals surface area contributed by atoms with Crippen LogP contribution in [-0.2, 0) is 4.79 Å². The van der Waals surface area contributed by atoms with Crippen molar-refractivity contribution >= 4 is 27.5 Å². The standard InChI is InChI=1S/C17H17BrN2O/c1-19-11-16(21)20(2)15-9-8-13(18)10-14(15)17(19)12-6-4-3-5-7-12/h3-10,17H,11H2,1-2H3. The van der Waals surface area contributed by atoms with E-state index in [9.17, 15) is 4.79 Å². The molecule has 2 aromatic carbocycles. The molecule has 21 heavy (non-hydrogen) atoms. The largest absolute Gasteiger partial charge is 0.314 e. The number of halogens is 1. The number of hydrogen-bond acceptors (Lipinski definition) is 2. The van der Waals surface area contributed by atoms with Crippen LogP contribution in [0.3, 0.4) is 0 Å². The molecule has 0 aromatic heterocycles. The van der Waals surface area contributed by atoms with Crippen LogP contribution in [0.25, 0.3) is 0 Å². The van der Waals surface area contributed by atoms with E-state index in [0.29, 0.717) is 6.54 Å². The molecule has 0 radical (unpaired) electrons. The summed E-state index contributed by atoms with van der Waals surface area (Å²) < 4.78 is 1.03. The quantitative estimate of drug-likeness (QED) is 0.790. The lowest BCUT2D eigenvalue weighted by atomic mass is 9.96. The number of anilines is 1. The van der Waals surface area contributed by atoms with E-state index in [2.05, 4.69) is 39.0 Å². The molecule has 0 bridgehead atoms. The third-order valence-corrected chi connectivity index (χ3v) is 4.45. The molecule has 1 heterocycles. The van der Waals surface area contributed by atoms with E-state index >= 15 is 0 Å². The Bertz CT molecular complexity index is 672. The molecule has 108 valence electrons. The predicted molar refractivity (Wildman–Crippen MR) is 88.5 cm³/mol. The van der Waals surface area contributed by atoms with Crippen molar-refractivity contribution in [1.29, 1.82) is 0 Å². The number of rotatable bonds is 1. The SMILES string of the molecule is CN1C(=O)CN(C)C(c2ccccc2)c2cc(Br)ccc21. The Kier molecular flexibility index (Phi) is 3.83. The van der Waals surface area contributed by atoms with Crippen molar-refractivity contribution in [2.24, 2.45) is 0 Å². The number of carbonyl (C=O) groups is 1. The van der Waals surface area contributed by atoms with Gasteiger partial charge in [-0.2, -0.15) is 0 Å². The van der Waals surface area contributed by atoms with E-state index in [-0.39, 0.29) is 11.9 Å². The summed E-state index contributed by atoms with van der Waals surface area (Å²) in [4.78, 5) is 16.2. The molecular weight excluding hydrogens is 328 g/mol. The third kappa shape index (κ3) is 2.61. The lowest BCUT2D eigenvalue weighted by Gasteiger charge is -2.26. The zero-order chi connectivity index (χ0) is 15.0. The minimum absolute atomic E-state index is 0.0765. The van der Waals surface area contributed by atoms with E-state index in [0.717, 1.165) is 15.7 Å². The molecule has 1 aliphatic rings. The highest BCUT2D eigenvalue weighted by Gasteiger charge is 2.30. The molecule has 0 saturated heterocycles. The lowest BCUT2D eigenvalue weighted by molar-refractivity contribution is -0.119. The average Bonchev–Trinajstić information content (AvgIpc) is 2.56.